The quantitative estimate of drug-likeness (QED) is 0.733. The number of nitrogens with zero attached hydrogens (tertiary/aromatic N) is 2. The number of amides is 2. The summed E-state index contributed by atoms with van der Waals surface area (Å²) in [7, 11) is 0. The van der Waals surface area contributed by atoms with Crippen LogP contribution in [0.5, 0.6) is 0 Å². The van der Waals surface area contributed by atoms with Gasteiger partial charge in [-0.25, -0.2) is 18.3 Å². The second kappa shape index (κ2) is 7.31. The third-order valence-electron chi connectivity index (χ3n) is 3.40. The lowest BCUT2D eigenvalue weighted by atomic mass is 10.2. The summed E-state index contributed by atoms with van der Waals surface area (Å²) in [6, 6.07) is 9.32. The summed E-state index contributed by atoms with van der Waals surface area (Å²) in [6.07, 6.45) is 3.25. The van der Waals surface area contributed by atoms with Gasteiger partial charge < -0.3 is 10.6 Å². The minimum atomic E-state index is -0.542. The second-order valence-corrected chi connectivity index (χ2v) is 5.58. The maximum absolute atomic E-state index is 13.5. The molecule has 0 radical (unpaired) electrons. The van der Waals surface area contributed by atoms with Crippen molar-refractivity contribution in [3.63, 3.8) is 0 Å². The van der Waals surface area contributed by atoms with Crippen molar-refractivity contribution >= 4 is 23.3 Å². The van der Waals surface area contributed by atoms with Gasteiger partial charge in [-0.15, -0.1) is 0 Å². The zero-order chi connectivity index (χ0) is 17.8. The molecule has 1 heterocycles. The van der Waals surface area contributed by atoms with Crippen LogP contribution in [-0.4, -0.2) is 15.8 Å². The summed E-state index contributed by atoms with van der Waals surface area (Å²) < 4.78 is 28.2. The SMILES string of the molecule is O=C(NCc1ccc(F)c(Cl)c1)Nc1cc(F)ccc1-n1cccn1. The van der Waals surface area contributed by atoms with E-state index in [1.165, 1.54) is 41.1 Å². The Morgan fingerprint density at radius 1 is 1.20 bits per heavy atom. The van der Waals surface area contributed by atoms with Crippen molar-refractivity contribution in [2.75, 3.05) is 5.32 Å². The minimum Gasteiger partial charge on any atom is -0.334 e. The van der Waals surface area contributed by atoms with Crippen LogP contribution in [0.15, 0.2) is 54.9 Å². The van der Waals surface area contributed by atoms with Crippen molar-refractivity contribution in [2.45, 2.75) is 6.54 Å². The highest BCUT2D eigenvalue weighted by Crippen LogP contribution is 2.21. The molecule has 128 valence electrons. The van der Waals surface area contributed by atoms with Crippen LogP contribution in [0.3, 0.4) is 0 Å². The molecule has 0 saturated heterocycles. The summed E-state index contributed by atoms with van der Waals surface area (Å²) >= 11 is 5.70. The normalized spacial score (nSPS) is 10.5. The topological polar surface area (TPSA) is 59.0 Å². The van der Waals surface area contributed by atoms with Crippen LogP contribution in [0.25, 0.3) is 5.69 Å². The maximum Gasteiger partial charge on any atom is 0.319 e. The third kappa shape index (κ3) is 4.13. The van der Waals surface area contributed by atoms with Gasteiger partial charge in [0.05, 0.1) is 16.4 Å². The molecule has 3 aromatic rings. The monoisotopic (exact) mass is 362 g/mol. The molecule has 2 amide bonds. The van der Waals surface area contributed by atoms with Gasteiger partial charge >= 0.3 is 6.03 Å². The molecule has 25 heavy (non-hydrogen) atoms. The molecule has 0 fully saturated rings. The van der Waals surface area contributed by atoms with Crippen molar-refractivity contribution < 1.29 is 13.6 Å². The Hall–Kier alpha value is -2.93. The number of hydrogen-bond acceptors (Lipinski definition) is 2. The molecule has 0 aliphatic rings. The minimum absolute atomic E-state index is 0.0224. The summed E-state index contributed by atoms with van der Waals surface area (Å²) in [4.78, 5) is 12.1. The van der Waals surface area contributed by atoms with Crippen LogP contribution in [-0.2, 0) is 6.54 Å². The molecule has 2 aromatic carbocycles. The predicted molar refractivity (Wildman–Crippen MR) is 90.8 cm³/mol. The molecular weight excluding hydrogens is 350 g/mol. The molecule has 3 rings (SSSR count). The molecule has 0 bridgehead atoms. The largest absolute Gasteiger partial charge is 0.334 e. The first-order valence-electron chi connectivity index (χ1n) is 7.31. The van der Waals surface area contributed by atoms with Gasteiger partial charge in [0.1, 0.15) is 11.6 Å². The maximum atomic E-state index is 13.5. The Morgan fingerprint density at radius 3 is 2.76 bits per heavy atom. The molecular formula is C17H13ClF2N4O. The Labute approximate surface area is 147 Å². The summed E-state index contributed by atoms with van der Waals surface area (Å²) in [5.74, 6) is -1.02. The first-order valence-corrected chi connectivity index (χ1v) is 7.69. The van der Waals surface area contributed by atoms with Gasteiger partial charge in [0.2, 0.25) is 0 Å². The van der Waals surface area contributed by atoms with Crippen LogP contribution >= 0.6 is 11.6 Å². The standard InChI is InChI=1S/C17H13ClF2N4O/c18-13-8-11(2-4-14(13)20)10-21-17(25)23-15-9-12(19)3-5-16(15)24-7-1-6-22-24/h1-9H,10H2,(H2,21,23,25). The molecule has 2 N–H and O–H groups in total. The lowest BCUT2D eigenvalue weighted by molar-refractivity contribution is 0.251. The highest BCUT2D eigenvalue weighted by Gasteiger charge is 2.10. The lowest BCUT2D eigenvalue weighted by Gasteiger charge is -2.12. The molecule has 0 atom stereocenters. The highest BCUT2D eigenvalue weighted by molar-refractivity contribution is 6.30. The first-order chi connectivity index (χ1) is 12.0. The van der Waals surface area contributed by atoms with Crippen molar-refractivity contribution in [1.82, 2.24) is 15.1 Å². The average Bonchev–Trinajstić information content (AvgIpc) is 3.10. The van der Waals surface area contributed by atoms with Crippen molar-refractivity contribution in [3.8, 4) is 5.69 Å². The second-order valence-electron chi connectivity index (χ2n) is 5.17. The van der Waals surface area contributed by atoms with Crippen molar-refractivity contribution in [2.24, 2.45) is 0 Å². The van der Waals surface area contributed by atoms with Crippen molar-refractivity contribution in [1.29, 1.82) is 0 Å². The number of carbonyl (C=O) groups excluding carboxylic acids is 1. The van der Waals surface area contributed by atoms with E-state index in [1.54, 1.807) is 18.5 Å². The van der Waals surface area contributed by atoms with Crippen LogP contribution in [0.1, 0.15) is 5.56 Å². The van der Waals surface area contributed by atoms with Crippen LogP contribution in [0.2, 0.25) is 5.02 Å². The van der Waals surface area contributed by atoms with Gasteiger partial charge in [-0.2, -0.15) is 5.10 Å². The van der Waals surface area contributed by atoms with Crippen LogP contribution < -0.4 is 10.6 Å². The first kappa shape index (κ1) is 16.9. The zero-order valence-electron chi connectivity index (χ0n) is 12.8. The van der Waals surface area contributed by atoms with E-state index >= 15 is 0 Å². The van der Waals surface area contributed by atoms with E-state index in [1.807, 2.05) is 0 Å². The Kier molecular flexibility index (Phi) is 4.95. The number of aromatic nitrogens is 2. The number of hydrogen-bond donors (Lipinski definition) is 2. The van der Waals surface area contributed by atoms with E-state index in [0.717, 1.165) is 0 Å². The van der Waals surface area contributed by atoms with E-state index in [-0.39, 0.29) is 17.3 Å². The van der Waals surface area contributed by atoms with Crippen molar-refractivity contribution in [3.05, 3.63) is 77.1 Å². The number of nitrogens with one attached hydrogen (secondary N) is 2. The summed E-state index contributed by atoms with van der Waals surface area (Å²) in [5, 5.41) is 9.23. The van der Waals surface area contributed by atoms with Gasteiger partial charge in [-0.05, 0) is 42.0 Å². The number of rotatable bonds is 4. The van der Waals surface area contributed by atoms with Crippen LogP contribution in [0, 0.1) is 11.6 Å². The summed E-state index contributed by atoms with van der Waals surface area (Å²) in [6.45, 7) is 0.137. The van der Waals surface area contributed by atoms with Crippen LogP contribution in [0.4, 0.5) is 19.3 Å². The average molecular weight is 363 g/mol. The van der Waals surface area contributed by atoms with E-state index in [0.29, 0.717) is 11.3 Å². The molecule has 8 heteroatoms. The molecule has 0 saturated carbocycles. The fourth-order valence-electron chi connectivity index (χ4n) is 2.22. The molecule has 0 aliphatic heterocycles. The van der Waals surface area contributed by atoms with E-state index in [2.05, 4.69) is 15.7 Å². The summed E-state index contributed by atoms with van der Waals surface area (Å²) in [5.41, 5.74) is 1.41. The van der Waals surface area contributed by atoms with E-state index in [9.17, 15) is 13.6 Å². The third-order valence-corrected chi connectivity index (χ3v) is 3.68. The highest BCUT2D eigenvalue weighted by atomic mass is 35.5. The van der Waals surface area contributed by atoms with Gasteiger partial charge in [-0.1, -0.05) is 17.7 Å². The van der Waals surface area contributed by atoms with E-state index < -0.39 is 17.7 Å². The number of carbonyl (C=O) groups is 1. The molecule has 1 aromatic heterocycles. The smallest absolute Gasteiger partial charge is 0.319 e. The lowest BCUT2D eigenvalue weighted by Crippen LogP contribution is -2.28. The Balaban J connectivity index is 1.70. The van der Waals surface area contributed by atoms with Gasteiger partial charge in [0, 0.05) is 18.9 Å². The molecule has 0 aliphatic carbocycles. The van der Waals surface area contributed by atoms with Gasteiger partial charge in [0.25, 0.3) is 0 Å². The Morgan fingerprint density at radius 2 is 2.04 bits per heavy atom. The number of anilines is 1. The Bertz CT molecular complexity index is 900. The zero-order valence-corrected chi connectivity index (χ0v) is 13.6. The number of halogens is 3. The molecule has 0 unspecified atom stereocenters. The predicted octanol–water partition coefficient (Wildman–Crippen LogP) is 4.13. The number of urea groups is 1. The van der Waals surface area contributed by atoms with Gasteiger partial charge in [0.15, 0.2) is 0 Å². The fraction of sp³-hybridized carbons (Fsp3) is 0.0588. The molecule has 5 nitrogen and oxygen atoms in total. The fourth-order valence-corrected chi connectivity index (χ4v) is 2.42. The van der Waals surface area contributed by atoms with Gasteiger partial charge in [-0.3, -0.25) is 0 Å². The number of benzene rings is 2. The van der Waals surface area contributed by atoms with E-state index in [4.69, 9.17) is 11.6 Å². The molecule has 0 spiro atoms.